The summed E-state index contributed by atoms with van der Waals surface area (Å²) in [4.78, 5) is 52.6. The number of hydrogen-bond donors (Lipinski definition) is 3. The van der Waals surface area contributed by atoms with Gasteiger partial charge in [0.25, 0.3) is 5.91 Å². The second-order valence-corrected chi connectivity index (χ2v) is 17.7. The molecule has 0 radical (unpaired) electrons. The van der Waals surface area contributed by atoms with E-state index < -0.39 is 50.8 Å². The third-order valence-corrected chi connectivity index (χ3v) is 13.5. The minimum Gasteiger partial charge on any atom is -0.494 e. The van der Waals surface area contributed by atoms with Crippen molar-refractivity contribution in [3.05, 3.63) is 60.4 Å². The standard InChI is InChI=1S/C37H44ClIN6O8S/c1-4-5-6-7-8-9-28(42-23-11-15-32(52-3)40-19-23)35(47)45-21-24(53-34-27-16-22(38)10-14-26(27)30(51-2)20-41-34)17-29(45)33(46)43-37(18-31(37)39)36(48)44-54(49,50)25-12-13-25/h4,10-11,14-16,19-20,24-25,28-29,31,42H,1,5-9,12-13,17-18,21H2,2-3H3,(H,43,46)(H,44,48)/t24-,28?,29+,31-,37-/m1/s1. The van der Waals surface area contributed by atoms with E-state index >= 15 is 0 Å². The lowest BCUT2D eigenvalue weighted by Gasteiger charge is -2.30. The lowest BCUT2D eigenvalue weighted by atomic mass is 10.0. The maximum absolute atomic E-state index is 14.7. The Balaban J connectivity index is 1.28. The topological polar surface area (TPSA) is 178 Å². The van der Waals surface area contributed by atoms with Crippen LogP contribution in [-0.2, 0) is 24.4 Å². The molecule has 3 fully saturated rings. The smallest absolute Gasteiger partial charge is 0.260 e. The maximum Gasteiger partial charge on any atom is 0.260 e. The SMILES string of the molecule is C=CCCCCCC(Nc1ccc(OC)nc1)C(=O)N1C[C@H](Oc2ncc(OC)c3ccc(Cl)cc23)C[C@H]1C(=O)N[C@]1(C(=O)NS(=O)(=O)C2CC2)C[C@H]1I. The van der Waals surface area contributed by atoms with Crippen LogP contribution in [0.15, 0.2) is 55.4 Å². The van der Waals surface area contributed by atoms with Crippen molar-refractivity contribution < 1.29 is 37.0 Å². The van der Waals surface area contributed by atoms with Gasteiger partial charge in [-0.3, -0.25) is 19.1 Å². The van der Waals surface area contributed by atoms with Crippen LogP contribution in [0.1, 0.15) is 57.8 Å². The second-order valence-electron chi connectivity index (χ2n) is 13.8. The number of aromatic nitrogens is 2. The zero-order chi connectivity index (χ0) is 38.6. The maximum atomic E-state index is 14.7. The Morgan fingerprint density at radius 2 is 1.87 bits per heavy atom. The first-order valence-corrected chi connectivity index (χ1v) is 21.0. The molecule has 3 aliphatic rings. The van der Waals surface area contributed by atoms with Crippen LogP contribution >= 0.6 is 34.2 Å². The van der Waals surface area contributed by atoms with Gasteiger partial charge >= 0.3 is 0 Å². The largest absolute Gasteiger partial charge is 0.494 e. The summed E-state index contributed by atoms with van der Waals surface area (Å²) in [5.74, 6) is -0.505. The number of nitrogens with zero attached hydrogens (tertiary/aromatic N) is 3. The third kappa shape index (κ3) is 8.96. The highest BCUT2D eigenvalue weighted by molar-refractivity contribution is 14.1. The number of rotatable bonds is 18. The van der Waals surface area contributed by atoms with Gasteiger partial charge in [-0.2, -0.15) is 0 Å². The molecular weight excluding hydrogens is 851 g/mol. The van der Waals surface area contributed by atoms with Crippen molar-refractivity contribution in [1.29, 1.82) is 0 Å². The Morgan fingerprint density at radius 3 is 2.52 bits per heavy atom. The number of carbonyl (C=O) groups is 3. The molecule has 3 amide bonds. The predicted molar refractivity (Wildman–Crippen MR) is 213 cm³/mol. The monoisotopic (exact) mass is 894 g/mol. The molecule has 3 N–H and O–H groups in total. The number of halogens is 2. The molecule has 1 aliphatic heterocycles. The molecule has 1 unspecified atom stereocenters. The Morgan fingerprint density at radius 1 is 1.09 bits per heavy atom. The van der Waals surface area contributed by atoms with Gasteiger partial charge in [-0.1, -0.05) is 53.1 Å². The summed E-state index contributed by atoms with van der Waals surface area (Å²) < 4.78 is 44.4. The molecule has 14 nitrogen and oxygen atoms in total. The first kappa shape index (κ1) is 39.8. The van der Waals surface area contributed by atoms with Crippen molar-refractivity contribution in [3.8, 4) is 17.5 Å². The lowest BCUT2D eigenvalue weighted by Crippen LogP contribution is -2.57. The van der Waals surface area contributed by atoms with Crippen LogP contribution in [0.4, 0.5) is 5.69 Å². The fraction of sp³-hybridized carbons (Fsp3) is 0.486. The van der Waals surface area contributed by atoms with Gasteiger partial charge in [0.2, 0.25) is 33.6 Å². The molecule has 3 aromatic rings. The van der Waals surface area contributed by atoms with Crippen LogP contribution in [0.3, 0.4) is 0 Å². The van der Waals surface area contributed by atoms with Gasteiger partial charge in [-0.15, -0.1) is 6.58 Å². The molecule has 3 heterocycles. The summed E-state index contributed by atoms with van der Waals surface area (Å²) >= 11 is 8.40. The highest BCUT2D eigenvalue weighted by Gasteiger charge is 2.62. The van der Waals surface area contributed by atoms with E-state index in [4.69, 9.17) is 25.8 Å². The van der Waals surface area contributed by atoms with Crippen LogP contribution < -0.4 is 29.6 Å². The molecule has 17 heteroatoms. The molecule has 54 heavy (non-hydrogen) atoms. The number of sulfonamides is 1. The summed E-state index contributed by atoms with van der Waals surface area (Å²) in [5.41, 5.74) is -0.841. The van der Waals surface area contributed by atoms with Gasteiger partial charge in [-0.25, -0.2) is 18.4 Å². The number of alkyl halides is 1. The number of fused-ring (bicyclic) bond motifs is 1. The quantitative estimate of drug-likeness (QED) is 0.0683. The van der Waals surface area contributed by atoms with Gasteiger partial charge in [0, 0.05) is 32.2 Å². The number of allylic oxidation sites excluding steroid dienone is 1. The molecule has 2 saturated carbocycles. The van der Waals surface area contributed by atoms with E-state index in [-0.39, 0.29) is 35.1 Å². The molecule has 2 aromatic heterocycles. The van der Waals surface area contributed by atoms with E-state index in [2.05, 4.69) is 31.9 Å². The highest BCUT2D eigenvalue weighted by atomic mass is 127. The average molecular weight is 895 g/mol. The lowest BCUT2D eigenvalue weighted by molar-refractivity contribution is -0.140. The third-order valence-electron chi connectivity index (χ3n) is 9.93. The minimum absolute atomic E-state index is 0.0329. The molecule has 1 saturated heterocycles. The van der Waals surface area contributed by atoms with E-state index in [1.165, 1.54) is 25.3 Å². The number of unbranched alkanes of at least 4 members (excludes halogenated alkanes) is 3. The number of nitrogens with one attached hydrogen (secondary N) is 3. The molecule has 0 spiro atoms. The van der Waals surface area contributed by atoms with Crippen molar-refractivity contribution in [2.75, 3.05) is 26.1 Å². The Hall–Kier alpha value is -3.90. The number of pyridine rings is 2. The molecule has 0 bridgehead atoms. The number of amides is 3. The summed E-state index contributed by atoms with van der Waals surface area (Å²) in [5, 5.41) is 7.34. The number of likely N-dealkylation sites (tertiary alicyclic amines) is 1. The van der Waals surface area contributed by atoms with Gasteiger partial charge in [0.15, 0.2) is 0 Å². The second kappa shape index (κ2) is 16.9. The fourth-order valence-corrected chi connectivity index (χ4v) is 9.31. The number of hydrogen-bond acceptors (Lipinski definition) is 11. The zero-order valence-electron chi connectivity index (χ0n) is 30.1. The van der Waals surface area contributed by atoms with Crippen LogP contribution in [0.2, 0.25) is 5.02 Å². The van der Waals surface area contributed by atoms with Gasteiger partial charge < -0.3 is 29.7 Å². The van der Waals surface area contributed by atoms with Gasteiger partial charge in [0.05, 0.1) is 44.1 Å². The fourth-order valence-electron chi connectivity index (χ4n) is 6.64. The molecule has 290 valence electrons. The van der Waals surface area contributed by atoms with E-state index in [1.54, 1.807) is 36.5 Å². The van der Waals surface area contributed by atoms with Crippen LogP contribution in [0.5, 0.6) is 17.5 Å². The summed E-state index contributed by atoms with van der Waals surface area (Å²) in [6, 6.07) is 6.91. The Kier molecular flexibility index (Phi) is 12.4. The van der Waals surface area contributed by atoms with Crippen molar-refractivity contribution >= 4 is 78.4 Å². The van der Waals surface area contributed by atoms with E-state index in [0.717, 1.165) is 31.1 Å². The molecule has 1 aromatic carbocycles. The van der Waals surface area contributed by atoms with Gasteiger partial charge in [-0.05, 0) is 62.8 Å². The Labute approximate surface area is 333 Å². The molecule has 5 atom stereocenters. The molecule has 2 aliphatic carbocycles. The van der Waals surface area contributed by atoms with Crippen LogP contribution in [0, 0.1) is 0 Å². The highest BCUT2D eigenvalue weighted by Crippen LogP contribution is 2.44. The first-order valence-electron chi connectivity index (χ1n) is 17.9. The summed E-state index contributed by atoms with van der Waals surface area (Å²) in [6.45, 7) is 3.83. The number of carbonyl (C=O) groups excluding carboxylic acids is 3. The zero-order valence-corrected chi connectivity index (χ0v) is 33.8. The van der Waals surface area contributed by atoms with Crippen LogP contribution in [0.25, 0.3) is 10.8 Å². The predicted octanol–water partition coefficient (Wildman–Crippen LogP) is 4.94. The Bertz CT molecular complexity index is 2000. The van der Waals surface area contributed by atoms with E-state index in [0.29, 0.717) is 47.0 Å². The number of benzene rings is 1. The average Bonchev–Trinajstić information content (AvgIpc) is 4.08. The normalized spacial score (nSPS) is 22.6. The molecule has 6 rings (SSSR count). The summed E-state index contributed by atoms with van der Waals surface area (Å²) in [6.07, 6.45) is 9.41. The van der Waals surface area contributed by atoms with E-state index in [9.17, 15) is 22.8 Å². The van der Waals surface area contributed by atoms with Crippen LogP contribution in [-0.4, -0.2) is 94.7 Å². The van der Waals surface area contributed by atoms with Crippen molar-refractivity contribution in [2.24, 2.45) is 0 Å². The first-order chi connectivity index (χ1) is 25.9. The van der Waals surface area contributed by atoms with Crippen molar-refractivity contribution in [3.63, 3.8) is 0 Å². The van der Waals surface area contributed by atoms with Crippen molar-refractivity contribution in [1.82, 2.24) is 24.9 Å². The van der Waals surface area contributed by atoms with E-state index in [1.807, 2.05) is 28.7 Å². The minimum atomic E-state index is -3.85. The number of anilines is 1. The number of ether oxygens (including phenoxy) is 3. The summed E-state index contributed by atoms with van der Waals surface area (Å²) in [7, 11) is -0.799. The molecular formula is C37H44ClIN6O8S. The van der Waals surface area contributed by atoms with Crippen molar-refractivity contribution in [2.45, 2.75) is 90.7 Å². The number of methoxy groups -OCH3 is 2. The van der Waals surface area contributed by atoms with Gasteiger partial charge in [0.1, 0.15) is 29.5 Å².